The van der Waals surface area contributed by atoms with Crippen molar-refractivity contribution in [1.29, 1.82) is 0 Å². The third kappa shape index (κ3) is 5.65. The Balaban J connectivity index is 0.994. The van der Waals surface area contributed by atoms with Gasteiger partial charge in [0, 0.05) is 31.4 Å². The Bertz CT molecular complexity index is 1280. The minimum atomic E-state index is -1.56. The smallest absolute Gasteiger partial charge is 0.331 e. The maximum absolute atomic E-state index is 12.5. The molecular weight excluding hydrogens is 640 g/mol. The van der Waals surface area contributed by atoms with Crippen LogP contribution in [-0.2, 0) is 33.2 Å². The quantitative estimate of drug-likeness (QED) is 0.164. The number of fused-ring (bicyclic) bond motifs is 5. The van der Waals surface area contributed by atoms with Gasteiger partial charge in [-0.25, -0.2) is 4.79 Å². The topological polar surface area (TPSA) is 194 Å². The third-order valence-corrected chi connectivity index (χ3v) is 14.5. The van der Waals surface area contributed by atoms with Crippen LogP contribution in [0.5, 0.6) is 0 Å². The van der Waals surface area contributed by atoms with Crippen LogP contribution in [0.3, 0.4) is 0 Å². The summed E-state index contributed by atoms with van der Waals surface area (Å²) >= 11 is 0. The molecule has 0 aromatic heterocycles. The minimum absolute atomic E-state index is 0.0724. The molecule has 2 saturated heterocycles. The summed E-state index contributed by atoms with van der Waals surface area (Å²) in [7, 11) is 1.55. The second-order valence-electron chi connectivity index (χ2n) is 16.6. The molecule has 13 heteroatoms. The Morgan fingerprint density at radius 2 is 1.63 bits per heavy atom. The first-order valence-electron chi connectivity index (χ1n) is 18.3. The maximum atomic E-state index is 12.5. The number of methoxy groups -OCH3 is 1. The lowest BCUT2D eigenvalue weighted by molar-refractivity contribution is -0.347. The van der Waals surface area contributed by atoms with E-state index < -0.39 is 73.1 Å². The molecule has 7 rings (SSSR count). The lowest BCUT2D eigenvalue weighted by atomic mass is 9.42. The molecule has 13 nitrogen and oxygen atoms in total. The summed E-state index contributed by atoms with van der Waals surface area (Å²) in [6.45, 7) is 5.98. The van der Waals surface area contributed by atoms with Gasteiger partial charge in [0.15, 0.2) is 12.6 Å². The molecule has 7 aliphatic rings. The molecule has 4 aliphatic carbocycles. The number of carbonyl (C=O) groups excluding carboxylic acids is 1. The van der Waals surface area contributed by atoms with Crippen molar-refractivity contribution in [2.75, 3.05) is 20.3 Å². The van der Waals surface area contributed by atoms with E-state index in [9.17, 15) is 35.4 Å². The predicted octanol–water partition coefficient (Wildman–Crippen LogP) is 1.08. The summed E-state index contributed by atoms with van der Waals surface area (Å²) in [5, 5.41) is 65.4. The van der Waals surface area contributed by atoms with Gasteiger partial charge >= 0.3 is 5.97 Å². The molecular formula is C36H56O13. The Kier molecular flexibility index (Phi) is 9.60. The van der Waals surface area contributed by atoms with E-state index in [1.807, 2.05) is 0 Å². The van der Waals surface area contributed by atoms with Crippen LogP contribution in [0.15, 0.2) is 11.6 Å². The van der Waals surface area contributed by atoms with E-state index in [1.165, 1.54) is 0 Å². The first-order valence-corrected chi connectivity index (χ1v) is 18.3. The van der Waals surface area contributed by atoms with Crippen molar-refractivity contribution in [3.63, 3.8) is 0 Å². The summed E-state index contributed by atoms with van der Waals surface area (Å²) in [5.41, 5.74) is -1.52. The van der Waals surface area contributed by atoms with E-state index in [0.717, 1.165) is 44.1 Å². The molecule has 0 aromatic rings. The van der Waals surface area contributed by atoms with Crippen molar-refractivity contribution in [2.45, 2.75) is 158 Å². The molecule has 0 radical (unpaired) electrons. The van der Waals surface area contributed by atoms with Crippen molar-refractivity contribution >= 4 is 5.97 Å². The van der Waals surface area contributed by atoms with Crippen LogP contribution in [0.1, 0.15) is 85.0 Å². The molecule has 0 bridgehead atoms. The highest BCUT2D eigenvalue weighted by atomic mass is 16.7. The number of cyclic esters (lactones) is 1. The molecule has 0 spiro atoms. The number of aliphatic hydroxyl groups is 6. The zero-order chi connectivity index (χ0) is 35.1. The van der Waals surface area contributed by atoms with Gasteiger partial charge in [0.1, 0.15) is 37.1 Å². The lowest BCUT2D eigenvalue weighted by Gasteiger charge is -2.66. The van der Waals surface area contributed by atoms with Crippen molar-refractivity contribution in [3.8, 4) is 0 Å². The average molecular weight is 697 g/mol. The van der Waals surface area contributed by atoms with Gasteiger partial charge < -0.3 is 59.1 Å². The fraction of sp³-hybridized carbons (Fsp3) is 0.917. The number of hydrogen-bond acceptors (Lipinski definition) is 13. The molecule has 0 amide bonds. The SMILES string of the molecule is COC1CC(OC2CCC3(C)C4CCC5(C)C(C6=CC(=O)OC6)CCC5(O)C4CCC3(O)C2)OC(C)C1OC1OC(CO)C(O)C(O)C1O. The monoisotopic (exact) mass is 696 g/mol. The Morgan fingerprint density at radius 3 is 2.33 bits per heavy atom. The summed E-state index contributed by atoms with van der Waals surface area (Å²) in [4.78, 5) is 11.9. The second-order valence-corrected chi connectivity index (χ2v) is 16.6. The summed E-state index contributed by atoms with van der Waals surface area (Å²) in [6.07, 6.45) is -1.10. The van der Waals surface area contributed by atoms with Crippen molar-refractivity contribution in [3.05, 3.63) is 11.6 Å². The van der Waals surface area contributed by atoms with Crippen LogP contribution in [0.2, 0.25) is 0 Å². The maximum Gasteiger partial charge on any atom is 0.331 e. The Morgan fingerprint density at radius 1 is 0.898 bits per heavy atom. The predicted molar refractivity (Wildman–Crippen MR) is 170 cm³/mol. The molecule has 3 heterocycles. The number of esters is 1. The molecule has 4 saturated carbocycles. The first-order chi connectivity index (χ1) is 23.2. The van der Waals surface area contributed by atoms with Gasteiger partial charge in [-0.3, -0.25) is 0 Å². The Hall–Kier alpha value is -1.23. The van der Waals surface area contributed by atoms with E-state index >= 15 is 0 Å². The van der Waals surface area contributed by atoms with Crippen LogP contribution in [0.25, 0.3) is 0 Å². The van der Waals surface area contributed by atoms with Gasteiger partial charge in [-0.05, 0) is 87.0 Å². The van der Waals surface area contributed by atoms with E-state index in [1.54, 1.807) is 20.1 Å². The average Bonchev–Trinajstić information content (AvgIpc) is 3.61. The molecule has 0 aromatic carbocycles. The van der Waals surface area contributed by atoms with E-state index in [2.05, 4.69) is 13.8 Å². The van der Waals surface area contributed by atoms with E-state index in [0.29, 0.717) is 32.3 Å². The fourth-order valence-electron chi connectivity index (χ4n) is 11.5. The highest BCUT2D eigenvalue weighted by Gasteiger charge is 2.70. The molecule has 278 valence electrons. The summed E-state index contributed by atoms with van der Waals surface area (Å²) in [6, 6.07) is 0. The third-order valence-electron chi connectivity index (χ3n) is 14.5. The number of aliphatic hydroxyl groups excluding tert-OH is 4. The van der Waals surface area contributed by atoms with Crippen molar-refractivity contribution < 1.29 is 63.9 Å². The minimum Gasteiger partial charge on any atom is -0.458 e. The zero-order valence-electron chi connectivity index (χ0n) is 29.1. The van der Waals surface area contributed by atoms with E-state index in [-0.39, 0.29) is 40.7 Å². The van der Waals surface area contributed by atoms with Gasteiger partial charge in [0.25, 0.3) is 0 Å². The van der Waals surface area contributed by atoms with Crippen molar-refractivity contribution in [2.24, 2.45) is 28.6 Å². The lowest BCUT2D eigenvalue weighted by Crippen LogP contribution is -2.67. The summed E-state index contributed by atoms with van der Waals surface area (Å²) < 4.78 is 35.4. The van der Waals surface area contributed by atoms with Gasteiger partial charge in [-0.1, -0.05) is 13.8 Å². The van der Waals surface area contributed by atoms with Crippen LogP contribution in [0, 0.1) is 28.6 Å². The van der Waals surface area contributed by atoms with Gasteiger partial charge in [-0.2, -0.15) is 0 Å². The van der Waals surface area contributed by atoms with Crippen LogP contribution < -0.4 is 0 Å². The van der Waals surface area contributed by atoms with Crippen LogP contribution in [-0.4, -0.2) is 130 Å². The van der Waals surface area contributed by atoms with E-state index in [4.69, 9.17) is 28.4 Å². The summed E-state index contributed by atoms with van der Waals surface area (Å²) in [5.74, 6) is 0.0783. The van der Waals surface area contributed by atoms with Gasteiger partial charge in [-0.15, -0.1) is 0 Å². The molecule has 6 fully saturated rings. The highest BCUT2D eigenvalue weighted by Crippen LogP contribution is 2.70. The number of carbonyl (C=O) groups is 1. The van der Waals surface area contributed by atoms with Crippen LogP contribution >= 0.6 is 0 Å². The largest absolute Gasteiger partial charge is 0.458 e. The second kappa shape index (κ2) is 13.0. The first kappa shape index (κ1) is 36.1. The normalized spacial score (nSPS) is 54.4. The fourth-order valence-corrected chi connectivity index (χ4v) is 11.5. The van der Waals surface area contributed by atoms with Gasteiger partial charge in [0.05, 0.1) is 36.1 Å². The van der Waals surface area contributed by atoms with Crippen LogP contribution in [0.4, 0.5) is 0 Å². The zero-order valence-corrected chi connectivity index (χ0v) is 29.1. The molecule has 17 unspecified atom stereocenters. The number of hydrogen-bond donors (Lipinski definition) is 6. The van der Waals surface area contributed by atoms with Crippen molar-refractivity contribution in [1.82, 2.24) is 0 Å². The number of ether oxygens (including phenoxy) is 6. The standard InChI is InChI=1S/C36H56O13/c1-18-31(49-32-30(41)29(40)28(39)25(16-37)48-32)24(44-4)14-27(46-18)47-20-5-9-33(2)22-6-10-34(3)21(19-13-26(38)45-17-19)8-12-36(34,43)23(22)7-11-35(33,42)15-20/h13,18,20-25,27-32,37,39-43H,5-12,14-17H2,1-4H3. The van der Waals surface area contributed by atoms with Gasteiger partial charge in [0.2, 0.25) is 0 Å². The number of rotatable bonds is 7. The molecule has 6 N–H and O–H groups in total. The highest BCUT2D eigenvalue weighted by molar-refractivity contribution is 5.85. The Labute approximate surface area is 287 Å². The molecule has 49 heavy (non-hydrogen) atoms. The molecule has 3 aliphatic heterocycles. The molecule has 17 atom stereocenters.